The van der Waals surface area contributed by atoms with Gasteiger partial charge in [0, 0.05) is 12.6 Å². The minimum Gasteiger partial charge on any atom is -0.494 e. The lowest BCUT2D eigenvalue weighted by molar-refractivity contribution is -0.120. The van der Waals surface area contributed by atoms with Crippen LogP contribution in [0, 0.1) is 0 Å². The highest BCUT2D eigenvalue weighted by Gasteiger charge is 2.13. The molecule has 0 saturated carbocycles. The highest BCUT2D eigenvalue weighted by atomic mass is 16.5. The molecule has 0 aliphatic rings. The molecular formula is C21H24N2O5. The molecular weight excluding hydrogens is 360 g/mol. The average Bonchev–Trinajstić information content (AvgIpc) is 2.68. The van der Waals surface area contributed by atoms with Gasteiger partial charge in [-0.05, 0) is 55.0 Å². The van der Waals surface area contributed by atoms with Crippen LogP contribution in [0.15, 0.2) is 48.2 Å². The predicted molar refractivity (Wildman–Crippen MR) is 108 cm³/mol. The van der Waals surface area contributed by atoms with Crippen molar-refractivity contribution < 1.29 is 23.8 Å². The van der Waals surface area contributed by atoms with Crippen molar-refractivity contribution in [1.29, 1.82) is 0 Å². The first-order valence-electron chi connectivity index (χ1n) is 8.72. The zero-order valence-electron chi connectivity index (χ0n) is 16.4. The molecule has 2 N–H and O–H groups in total. The van der Waals surface area contributed by atoms with Crippen molar-refractivity contribution in [3.05, 3.63) is 53.7 Å². The van der Waals surface area contributed by atoms with Crippen LogP contribution < -0.4 is 24.8 Å². The van der Waals surface area contributed by atoms with E-state index in [0.29, 0.717) is 35.1 Å². The normalized spacial score (nSPS) is 10.8. The minimum atomic E-state index is -0.450. The number of carbonyl (C=O) groups excluding carboxylic acids is 2. The molecule has 0 atom stereocenters. The number of amides is 2. The monoisotopic (exact) mass is 384 g/mol. The molecule has 0 radical (unpaired) electrons. The van der Waals surface area contributed by atoms with Crippen molar-refractivity contribution in [2.45, 2.75) is 13.8 Å². The van der Waals surface area contributed by atoms with Gasteiger partial charge in [0.15, 0.2) is 11.5 Å². The van der Waals surface area contributed by atoms with Gasteiger partial charge in [0.2, 0.25) is 5.91 Å². The molecule has 148 valence electrons. The second-order valence-electron chi connectivity index (χ2n) is 5.77. The van der Waals surface area contributed by atoms with Gasteiger partial charge in [0.05, 0.1) is 20.8 Å². The van der Waals surface area contributed by atoms with Crippen molar-refractivity contribution >= 4 is 23.6 Å². The maximum Gasteiger partial charge on any atom is 0.272 e. The summed E-state index contributed by atoms with van der Waals surface area (Å²) in [5.41, 5.74) is 1.36. The highest BCUT2D eigenvalue weighted by Crippen LogP contribution is 2.28. The molecule has 0 aliphatic heterocycles. The Balaban J connectivity index is 2.25. The molecule has 0 aliphatic carbocycles. The van der Waals surface area contributed by atoms with Crippen LogP contribution in [0.1, 0.15) is 19.4 Å². The van der Waals surface area contributed by atoms with E-state index in [2.05, 4.69) is 10.6 Å². The summed E-state index contributed by atoms with van der Waals surface area (Å²) in [5, 5.41) is 5.31. The van der Waals surface area contributed by atoms with Gasteiger partial charge in [0.25, 0.3) is 5.91 Å². The van der Waals surface area contributed by atoms with Gasteiger partial charge in [-0.15, -0.1) is 0 Å². The third-order valence-corrected chi connectivity index (χ3v) is 3.70. The Labute approximate surface area is 164 Å². The van der Waals surface area contributed by atoms with E-state index >= 15 is 0 Å². The molecule has 2 rings (SSSR count). The summed E-state index contributed by atoms with van der Waals surface area (Å²) < 4.78 is 15.9. The second kappa shape index (κ2) is 10.0. The molecule has 0 spiro atoms. The fourth-order valence-corrected chi connectivity index (χ4v) is 2.46. The fourth-order valence-electron chi connectivity index (χ4n) is 2.46. The topological polar surface area (TPSA) is 85.9 Å². The third kappa shape index (κ3) is 5.77. The Morgan fingerprint density at radius 1 is 1.00 bits per heavy atom. The predicted octanol–water partition coefficient (Wildman–Crippen LogP) is 3.22. The Kier molecular flexibility index (Phi) is 7.45. The minimum absolute atomic E-state index is 0.105. The summed E-state index contributed by atoms with van der Waals surface area (Å²) >= 11 is 0. The molecule has 2 amide bonds. The van der Waals surface area contributed by atoms with Crippen LogP contribution in [-0.2, 0) is 9.59 Å². The molecule has 0 bridgehead atoms. The Morgan fingerprint density at radius 3 is 2.25 bits per heavy atom. The largest absolute Gasteiger partial charge is 0.494 e. The van der Waals surface area contributed by atoms with E-state index in [9.17, 15) is 9.59 Å². The molecule has 0 aromatic heterocycles. The fraction of sp³-hybridized carbons (Fsp3) is 0.238. The Bertz CT molecular complexity index is 860. The zero-order valence-corrected chi connectivity index (χ0v) is 16.4. The van der Waals surface area contributed by atoms with Crippen LogP contribution in [0.2, 0.25) is 0 Å². The van der Waals surface area contributed by atoms with Gasteiger partial charge >= 0.3 is 0 Å². The smallest absolute Gasteiger partial charge is 0.272 e. The zero-order chi connectivity index (χ0) is 20.5. The molecule has 0 saturated heterocycles. The van der Waals surface area contributed by atoms with Crippen molar-refractivity contribution in [1.82, 2.24) is 5.32 Å². The van der Waals surface area contributed by atoms with Crippen LogP contribution >= 0.6 is 0 Å². The molecule has 2 aromatic rings. The average molecular weight is 384 g/mol. The summed E-state index contributed by atoms with van der Waals surface area (Å²) in [6.07, 6.45) is 1.56. The summed E-state index contributed by atoms with van der Waals surface area (Å²) in [6, 6.07) is 12.2. The summed E-state index contributed by atoms with van der Waals surface area (Å²) in [4.78, 5) is 24.2. The van der Waals surface area contributed by atoms with E-state index < -0.39 is 5.91 Å². The molecule has 7 nitrogen and oxygen atoms in total. The van der Waals surface area contributed by atoms with Crippen LogP contribution in [0.5, 0.6) is 17.2 Å². The van der Waals surface area contributed by atoms with Crippen molar-refractivity contribution in [3.8, 4) is 17.2 Å². The van der Waals surface area contributed by atoms with Gasteiger partial charge in [-0.1, -0.05) is 6.07 Å². The Hall–Kier alpha value is -3.48. The van der Waals surface area contributed by atoms with E-state index in [0.717, 1.165) is 0 Å². The maximum atomic E-state index is 12.7. The number of anilines is 1. The Morgan fingerprint density at radius 2 is 1.68 bits per heavy atom. The number of carbonyl (C=O) groups is 2. The number of methoxy groups -OCH3 is 2. The van der Waals surface area contributed by atoms with Crippen LogP contribution in [0.4, 0.5) is 5.69 Å². The lowest BCUT2D eigenvalue weighted by Crippen LogP contribution is -2.28. The quantitative estimate of drug-likeness (QED) is 0.683. The number of benzene rings is 2. The van der Waals surface area contributed by atoms with Gasteiger partial charge in [-0.3, -0.25) is 9.59 Å². The number of rotatable bonds is 8. The molecule has 7 heteroatoms. The first kappa shape index (κ1) is 20.8. The highest BCUT2D eigenvalue weighted by molar-refractivity contribution is 6.08. The van der Waals surface area contributed by atoms with Crippen LogP contribution in [0.25, 0.3) is 6.08 Å². The van der Waals surface area contributed by atoms with Crippen molar-refractivity contribution in [3.63, 3.8) is 0 Å². The van der Waals surface area contributed by atoms with E-state index in [-0.39, 0.29) is 11.6 Å². The van der Waals surface area contributed by atoms with Crippen LogP contribution in [0.3, 0.4) is 0 Å². The van der Waals surface area contributed by atoms with Gasteiger partial charge in [-0.25, -0.2) is 0 Å². The van der Waals surface area contributed by atoms with Gasteiger partial charge in [0.1, 0.15) is 11.4 Å². The number of hydrogen-bond acceptors (Lipinski definition) is 5. The summed E-state index contributed by atoms with van der Waals surface area (Å²) in [5.74, 6) is 0.996. The molecule has 2 aromatic carbocycles. The molecule has 0 heterocycles. The number of ether oxygens (including phenoxy) is 3. The van der Waals surface area contributed by atoms with E-state index in [1.54, 1.807) is 55.7 Å². The van der Waals surface area contributed by atoms with Crippen LogP contribution in [-0.4, -0.2) is 32.6 Å². The van der Waals surface area contributed by atoms with Gasteiger partial charge < -0.3 is 24.8 Å². The molecule has 0 unspecified atom stereocenters. The lowest BCUT2D eigenvalue weighted by Gasteiger charge is -2.12. The number of hydrogen-bond donors (Lipinski definition) is 2. The SMILES string of the molecule is CCOc1ccc(NC(=O)C(=Cc2ccc(OC)c(OC)c2)NC(C)=O)cc1. The summed E-state index contributed by atoms with van der Waals surface area (Å²) in [7, 11) is 3.07. The van der Waals surface area contributed by atoms with Crippen molar-refractivity contribution in [2.24, 2.45) is 0 Å². The van der Waals surface area contributed by atoms with E-state index in [4.69, 9.17) is 14.2 Å². The van der Waals surface area contributed by atoms with E-state index in [1.165, 1.54) is 14.0 Å². The standard InChI is InChI=1S/C21H24N2O5/c1-5-28-17-9-7-16(8-10-17)23-21(25)18(22-14(2)24)12-15-6-11-19(26-3)20(13-15)27-4/h6-13H,5H2,1-4H3,(H,22,24)(H,23,25). The lowest BCUT2D eigenvalue weighted by atomic mass is 10.1. The van der Waals surface area contributed by atoms with Gasteiger partial charge in [-0.2, -0.15) is 0 Å². The third-order valence-electron chi connectivity index (χ3n) is 3.70. The van der Waals surface area contributed by atoms with E-state index in [1.807, 2.05) is 6.92 Å². The first-order chi connectivity index (χ1) is 13.5. The van der Waals surface area contributed by atoms with Crippen molar-refractivity contribution in [2.75, 3.05) is 26.1 Å². The second-order valence-corrected chi connectivity index (χ2v) is 5.77. The number of nitrogens with one attached hydrogen (secondary N) is 2. The molecule has 28 heavy (non-hydrogen) atoms. The molecule has 0 fully saturated rings. The summed E-state index contributed by atoms with van der Waals surface area (Å²) in [6.45, 7) is 3.80. The first-order valence-corrected chi connectivity index (χ1v) is 8.72. The maximum absolute atomic E-state index is 12.7.